The van der Waals surface area contributed by atoms with Gasteiger partial charge in [0, 0.05) is 24.8 Å². The highest BCUT2D eigenvalue weighted by molar-refractivity contribution is 5.79. The number of rotatable bonds is 6. The zero-order valence-corrected chi connectivity index (χ0v) is 15.1. The van der Waals surface area contributed by atoms with Gasteiger partial charge >= 0.3 is 0 Å². The van der Waals surface area contributed by atoms with Crippen molar-refractivity contribution in [3.05, 3.63) is 53.7 Å². The van der Waals surface area contributed by atoms with Crippen LogP contribution in [0.25, 0.3) is 0 Å². The first kappa shape index (κ1) is 18.2. The van der Waals surface area contributed by atoms with Gasteiger partial charge in [0.05, 0.1) is 26.2 Å². The second-order valence-corrected chi connectivity index (χ2v) is 6.45. The van der Waals surface area contributed by atoms with Crippen molar-refractivity contribution >= 4 is 11.7 Å². The number of benzene rings is 1. The average Bonchev–Trinajstić information content (AvgIpc) is 2.67. The number of aryl methyl sites for hydroxylation is 1. The molecule has 1 aromatic carbocycles. The van der Waals surface area contributed by atoms with Crippen LogP contribution in [0.5, 0.6) is 5.75 Å². The molecule has 6 nitrogen and oxygen atoms in total. The summed E-state index contributed by atoms with van der Waals surface area (Å²) in [6.45, 7) is 1.82. The first-order valence-corrected chi connectivity index (χ1v) is 8.87. The minimum absolute atomic E-state index is 0.0414. The second-order valence-electron chi connectivity index (χ2n) is 6.45. The summed E-state index contributed by atoms with van der Waals surface area (Å²) in [7, 11) is 1.62. The van der Waals surface area contributed by atoms with E-state index in [-0.39, 0.29) is 12.0 Å². The Kier molecular flexibility index (Phi) is 6.07. The summed E-state index contributed by atoms with van der Waals surface area (Å²) in [5.74, 6) is 1.39. The summed E-state index contributed by atoms with van der Waals surface area (Å²) >= 11 is 0. The Morgan fingerprint density at radius 3 is 3.04 bits per heavy atom. The molecule has 1 fully saturated rings. The van der Waals surface area contributed by atoms with Crippen LogP contribution in [0.2, 0.25) is 0 Å². The molecule has 26 heavy (non-hydrogen) atoms. The quantitative estimate of drug-likeness (QED) is 0.858. The zero-order valence-electron chi connectivity index (χ0n) is 15.1. The van der Waals surface area contributed by atoms with E-state index in [9.17, 15) is 4.79 Å². The molecule has 2 heterocycles. The SMILES string of the molecule is COc1ccccc1CC(=O)N1CCO[C@H](CCc2ccnc(N)c2)C1. The third-order valence-electron chi connectivity index (χ3n) is 4.63. The van der Waals surface area contributed by atoms with Crippen LogP contribution in [-0.2, 0) is 22.4 Å². The van der Waals surface area contributed by atoms with Crippen LogP contribution in [-0.4, -0.2) is 48.7 Å². The smallest absolute Gasteiger partial charge is 0.227 e. The molecule has 1 saturated heterocycles. The fraction of sp³-hybridized carbons (Fsp3) is 0.400. The van der Waals surface area contributed by atoms with Gasteiger partial charge in [-0.1, -0.05) is 18.2 Å². The molecule has 3 rings (SSSR count). The minimum Gasteiger partial charge on any atom is -0.496 e. The maximum atomic E-state index is 12.7. The number of nitrogens with two attached hydrogens (primary N) is 1. The number of nitrogens with zero attached hydrogens (tertiary/aromatic N) is 2. The number of methoxy groups -OCH3 is 1. The van der Waals surface area contributed by atoms with Gasteiger partial charge in [0.2, 0.25) is 5.91 Å². The van der Waals surface area contributed by atoms with Gasteiger partial charge in [0.1, 0.15) is 11.6 Å². The van der Waals surface area contributed by atoms with Gasteiger partial charge in [-0.2, -0.15) is 0 Å². The van der Waals surface area contributed by atoms with Crippen molar-refractivity contribution < 1.29 is 14.3 Å². The maximum Gasteiger partial charge on any atom is 0.227 e. The molecule has 6 heteroatoms. The predicted molar refractivity (Wildman–Crippen MR) is 100.0 cm³/mol. The first-order chi connectivity index (χ1) is 12.7. The molecule has 0 radical (unpaired) electrons. The number of carbonyl (C=O) groups is 1. The van der Waals surface area contributed by atoms with Gasteiger partial charge in [-0.15, -0.1) is 0 Å². The summed E-state index contributed by atoms with van der Waals surface area (Å²) in [4.78, 5) is 18.6. The lowest BCUT2D eigenvalue weighted by Crippen LogP contribution is -2.46. The highest BCUT2D eigenvalue weighted by Gasteiger charge is 2.24. The van der Waals surface area contributed by atoms with E-state index in [0.717, 1.165) is 29.7 Å². The molecule has 0 unspecified atom stereocenters. The van der Waals surface area contributed by atoms with Crippen LogP contribution in [0.3, 0.4) is 0 Å². The fourth-order valence-electron chi connectivity index (χ4n) is 3.22. The molecule has 1 aliphatic heterocycles. The topological polar surface area (TPSA) is 77.7 Å². The van der Waals surface area contributed by atoms with E-state index in [2.05, 4.69) is 4.98 Å². The van der Waals surface area contributed by atoms with Crippen LogP contribution in [0.4, 0.5) is 5.82 Å². The molecule has 1 aliphatic rings. The van der Waals surface area contributed by atoms with Gasteiger partial charge in [-0.25, -0.2) is 4.98 Å². The van der Waals surface area contributed by atoms with Crippen molar-refractivity contribution in [1.82, 2.24) is 9.88 Å². The largest absolute Gasteiger partial charge is 0.496 e. The summed E-state index contributed by atoms with van der Waals surface area (Å²) in [5.41, 5.74) is 7.77. The van der Waals surface area contributed by atoms with Gasteiger partial charge in [-0.05, 0) is 36.6 Å². The number of aromatic nitrogens is 1. The third-order valence-corrected chi connectivity index (χ3v) is 4.63. The molecule has 1 amide bonds. The van der Waals surface area contributed by atoms with Crippen molar-refractivity contribution in [2.24, 2.45) is 0 Å². The molecular weight excluding hydrogens is 330 g/mol. The molecule has 1 atom stereocenters. The Morgan fingerprint density at radius 1 is 1.38 bits per heavy atom. The number of ether oxygens (including phenoxy) is 2. The minimum atomic E-state index is 0.0414. The Labute approximate surface area is 153 Å². The van der Waals surface area contributed by atoms with E-state index < -0.39 is 0 Å². The van der Waals surface area contributed by atoms with Crippen LogP contribution >= 0.6 is 0 Å². The Morgan fingerprint density at radius 2 is 2.23 bits per heavy atom. The first-order valence-electron chi connectivity index (χ1n) is 8.87. The number of pyridine rings is 1. The van der Waals surface area contributed by atoms with Crippen LogP contribution in [0, 0.1) is 0 Å². The van der Waals surface area contributed by atoms with Gasteiger partial charge in [0.15, 0.2) is 0 Å². The summed E-state index contributed by atoms with van der Waals surface area (Å²) < 4.78 is 11.2. The standard InChI is InChI=1S/C20H25N3O3/c1-25-18-5-3-2-4-16(18)13-20(24)23-10-11-26-17(14-23)7-6-15-8-9-22-19(21)12-15/h2-5,8-9,12,17H,6-7,10-11,13-14H2,1H3,(H2,21,22)/t17-/m1/s1. The number of para-hydroxylation sites is 1. The van der Waals surface area contributed by atoms with Gasteiger partial charge in [0.25, 0.3) is 0 Å². The van der Waals surface area contributed by atoms with Crippen LogP contribution in [0.1, 0.15) is 17.5 Å². The lowest BCUT2D eigenvalue weighted by atomic mass is 10.1. The monoisotopic (exact) mass is 355 g/mol. The maximum absolute atomic E-state index is 12.7. The van der Waals surface area contributed by atoms with E-state index in [0.29, 0.717) is 31.9 Å². The highest BCUT2D eigenvalue weighted by atomic mass is 16.5. The Hall–Kier alpha value is -2.60. The molecule has 0 saturated carbocycles. The Balaban J connectivity index is 1.55. The summed E-state index contributed by atoms with van der Waals surface area (Å²) in [6.07, 6.45) is 3.81. The fourth-order valence-corrected chi connectivity index (χ4v) is 3.22. The molecule has 2 N–H and O–H groups in total. The number of amides is 1. The molecule has 0 aliphatic carbocycles. The second kappa shape index (κ2) is 8.67. The number of carbonyl (C=O) groups excluding carboxylic acids is 1. The van der Waals surface area contributed by atoms with Gasteiger partial charge < -0.3 is 20.1 Å². The van der Waals surface area contributed by atoms with Crippen molar-refractivity contribution in [2.75, 3.05) is 32.5 Å². The zero-order chi connectivity index (χ0) is 18.4. The van der Waals surface area contributed by atoms with Crippen molar-refractivity contribution in [1.29, 1.82) is 0 Å². The molecular formula is C20H25N3O3. The van der Waals surface area contributed by atoms with Crippen molar-refractivity contribution in [3.8, 4) is 5.75 Å². The molecule has 138 valence electrons. The van der Waals surface area contributed by atoms with Crippen molar-refractivity contribution in [3.63, 3.8) is 0 Å². The normalized spacial score (nSPS) is 17.1. The lowest BCUT2D eigenvalue weighted by molar-refractivity contribution is -0.138. The molecule has 0 bridgehead atoms. The summed E-state index contributed by atoms with van der Waals surface area (Å²) in [5, 5.41) is 0. The van der Waals surface area contributed by atoms with E-state index in [1.54, 1.807) is 13.3 Å². The van der Waals surface area contributed by atoms with E-state index in [4.69, 9.17) is 15.2 Å². The van der Waals surface area contributed by atoms with Crippen LogP contribution < -0.4 is 10.5 Å². The van der Waals surface area contributed by atoms with E-state index in [1.165, 1.54) is 0 Å². The van der Waals surface area contributed by atoms with E-state index in [1.807, 2.05) is 41.3 Å². The summed E-state index contributed by atoms with van der Waals surface area (Å²) in [6, 6.07) is 11.5. The number of hydrogen-bond donors (Lipinski definition) is 1. The van der Waals surface area contributed by atoms with E-state index >= 15 is 0 Å². The van der Waals surface area contributed by atoms with Crippen LogP contribution in [0.15, 0.2) is 42.6 Å². The third kappa shape index (κ3) is 4.73. The number of morpholine rings is 1. The van der Waals surface area contributed by atoms with Crippen molar-refractivity contribution in [2.45, 2.75) is 25.4 Å². The predicted octanol–water partition coefficient (Wildman–Crippen LogP) is 2.08. The Bertz CT molecular complexity index is 751. The number of anilines is 1. The number of nitrogen functional groups attached to an aromatic ring is 1. The average molecular weight is 355 g/mol. The lowest BCUT2D eigenvalue weighted by Gasteiger charge is -2.33. The molecule has 1 aromatic heterocycles. The highest BCUT2D eigenvalue weighted by Crippen LogP contribution is 2.20. The molecule has 2 aromatic rings. The number of hydrogen-bond acceptors (Lipinski definition) is 5. The molecule has 0 spiro atoms. The van der Waals surface area contributed by atoms with Gasteiger partial charge in [-0.3, -0.25) is 4.79 Å².